The number of amides is 2. The molecule has 0 spiro atoms. The van der Waals surface area contributed by atoms with E-state index in [0.717, 1.165) is 24.2 Å². The Morgan fingerprint density at radius 2 is 1.77 bits per heavy atom. The summed E-state index contributed by atoms with van der Waals surface area (Å²) in [6.07, 6.45) is 1.44. The van der Waals surface area contributed by atoms with Crippen LogP contribution in [0.1, 0.15) is 28.8 Å². The third-order valence-corrected chi connectivity index (χ3v) is 5.08. The largest absolute Gasteiger partial charge is 1.00 e. The molecular formula is C22H26ClFN3O3-. The molecule has 2 aromatic carbocycles. The van der Waals surface area contributed by atoms with Gasteiger partial charge in [0.25, 0.3) is 5.91 Å². The van der Waals surface area contributed by atoms with Crippen molar-refractivity contribution in [1.82, 2.24) is 15.5 Å². The first-order valence-corrected chi connectivity index (χ1v) is 9.73. The van der Waals surface area contributed by atoms with Crippen LogP contribution in [-0.2, 0) is 11.3 Å². The van der Waals surface area contributed by atoms with Gasteiger partial charge in [-0.2, -0.15) is 0 Å². The van der Waals surface area contributed by atoms with Crippen LogP contribution in [0.25, 0.3) is 0 Å². The minimum absolute atomic E-state index is 0. The highest BCUT2D eigenvalue weighted by atomic mass is 35.5. The Hall–Kier alpha value is -2.64. The van der Waals surface area contributed by atoms with Crippen LogP contribution in [0.2, 0.25) is 0 Å². The molecular weight excluding hydrogens is 409 g/mol. The van der Waals surface area contributed by atoms with Crippen LogP contribution in [0.15, 0.2) is 48.5 Å². The van der Waals surface area contributed by atoms with E-state index in [-0.39, 0.29) is 29.9 Å². The van der Waals surface area contributed by atoms with E-state index in [2.05, 4.69) is 15.5 Å². The summed E-state index contributed by atoms with van der Waals surface area (Å²) in [6.45, 7) is 2.12. The minimum atomic E-state index is -0.519. The molecule has 1 heterocycles. The van der Waals surface area contributed by atoms with Gasteiger partial charge in [-0.05, 0) is 31.0 Å². The zero-order valence-electron chi connectivity index (χ0n) is 16.9. The van der Waals surface area contributed by atoms with Gasteiger partial charge in [0.15, 0.2) is 0 Å². The third-order valence-electron chi connectivity index (χ3n) is 5.08. The molecule has 2 N–H and O–H groups in total. The molecule has 0 atom stereocenters. The van der Waals surface area contributed by atoms with Crippen molar-refractivity contribution in [2.24, 2.45) is 0 Å². The Morgan fingerprint density at radius 3 is 2.47 bits per heavy atom. The van der Waals surface area contributed by atoms with E-state index < -0.39 is 11.7 Å². The first-order chi connectivity index (χ1) is 14.1. The summed E-state index contributed by atoms with van der Waals surface area (Å²) in [5.74, 6) is -0.214. The van der Waals surface area contributed by atoms with Gasteiger partial charge < -0.3 is 27.8 Å². The number of benzene rings is 2. The molecule has 0 saturated carbocycles. The predicted molar refractivity (Wildman–Crippen MR) is 108 cm³/mol. The molecule has 1 aliphatic rings. The fourth-order valence-electron chi connectivity index (χ4n) is 3.45. The topological polar surface area (TPSA) is 70.7 Å². The van der Waals surface area contributed by atoms with Gasteiger partial charge in [-0.15, -0.1) is 0 Å². The first kappa shape index (κ1) is 23.6. The average Bonchev–Trinajstić information content (AvgIpc) is 2.74. The SMILES string of the molecule is COc1ccccc1CNC(=O)CN1CCC(NC(=O)c2ccccc2F)CC1.[Cl-]. The van der Waals surface area contributed by atoms with Gasteiger partial charge in [-0.25, -0.2) is 4.39 Å². The monoisotopic (exact) mass is 434 g/mol. The van der Waals surface area contributed by atoms with Crippen LogP contribution in [0.3, 0.4) is 0 Å². The maximum absolute atomic E-state index is 13.7. The number of piperidine rings is 1. The van der Waals surface area contributed by atoms with Crippen molar-refractivity contribution in [3.8, 4) is 5.75 Å². The highest BCUT2D eigenvalue weighted by Crippen LogP contribution is 2.17. The second-order valence-corrected chi connectivity index (χ2v) is 7.09. The molecule has 2 aromatic rings. The fourth-order valence-corrected chi connectivity index (χ4v) is 3.45. The molecule has 0 unspecified atom stereocenters. The maximum atomic E-state index is 13.7. The summed E-state index contributed by atoms with van der Waals surface area (Å²) in [7, 11) is 1.61. The van der Waals surface area contributed by atoms with Crippen LogP contribution in [0.4, 0.5) is 4.39 Å². The number of nitrogens with zero attached hydrogens (tertiary/aromatic N) is 1. The van der Waals surface area contributed by atoms with Gasteiger partial charge in [0.05, 0.1) is 19.2 Å². The van der Waals surface area contributed by atoms with Gasteiger partial charge in [0.2, 0.25) is 5.91 Å². The van der Waals surface area contributed by atoms with E-state index in [0.29, 0.717) is 26.2 Å². The molecule has 30 heavy (non-hydrogen) atoms. The van der Waals surface area contributed by atoms with Crippen LogP contribution < -0.4 is 27.8 Å². The lowest BCUT2D eigenvalue weighted by atomic mass is 10.0. The number of rotatable bonds is 7. The van der Waals surface area contributed by atoms with Crippen LogP contribution in [0, 0.1) is 5.82 Å². The Bertz CT molecular complexity index is 857. The van der Waals surface area contributed by atoms with Crippen molar-refractivity contribution in [1.29, 1.82) is 0 Å². The number of likely N-dealkylation sites (tertiary alicyclic amines) is 1. The number of methoxy groups -OCH3 is 1. The quantitative estimate of drug-likeness (QED) is 0.607. The molecule has 0 aromatic heterocycles. The van der Waals surface area contributed by atoms with Crippen molar-refractivity contribution in [2.45, 2.75) is 25.4 Å². The lowest BCUT2D eigenvalue weighted by Gasteiger charge is -2.31. The van der Waals surface area contributed by atoms with E-state index in [4.69, 9.17) is 4.74 Å². The lowest BCUT2D eigenvalue weighted by Crippen LogP contribution is -3.00. The maximum Gasteiger partial charge on any atom is 0.254 e. The molecule has 6 nitrogen and oxygen atoms in total. The number of ether oxygens (including phenoxy) is 1. The normalized spacial score (nSPS) is 14.5. The van der Waals surface area contributed by atoms with Crippen molar-refractivity contribution in [2.75, 3.05) is 26.7 Å². The fraction of sp³-hybridized carbons (Fsp3) is 0.364. The first-order valence-electron chi connectivity index (χ1n) is 9.73. The zero-order valence-corrected chi connectivity index (χ0v) is 17.6. The number of carbonyl (C=O) groups excluding carboxylic acids is 2. The van der Waals surface area contributed by atoms with Gasteiger partial charge in [0, 0.05) is 31.2 Å². The molecule has 0 aliphatic carbocycles. The minimum Gasteiger partial charge on any atom is -1.00 e. The predicted octanol–water partition coefficient (Wildman–Crippen LogP) is -0.651. The molecule has 0 bridgehead atoms. The van der Waals surface area contributed by atoms with Crippen molar-refractivity contribution in [3.05, 3.63) is 65.5 Å². The van der Waals surface area contributed by atoms with Crippen molar-refractivity contribution in [3.63, 3.8) is 0 Å². The Labute approximate surface area is 182 Å². The average molecular weight is 435 g/mol. The van der Waals surface area contributed by atoms with E-state index >= 15 is 0 Å². The second kappa shape index (κ2) is 11.5. The van der Waals surface area contributed by atoms with Gasteiger partial charge in [0.1, 0.15) is 11.6 Å². The lowest BCUT2D eigenvalue weighted by molar-refractivity contribution is -0.122. The molecule has 1 aliphatic heterocycles. The molecule has 0 radical (unpaired) electrons. The van der Waals surface area contributed by atoms with Gasteiger partial charge >= 0.3 is 0 Å². The van der Waals surface area contributed by atoms with Crippen LogP contribution in [0.5, 0.6) is 5.75 Å². The molecule has 3 rings (SSSR count). The van der Waals surface area contributed by atoms with Crippen molar-refractivity contribution >= 4 is 11.8 Å². The summed E-state index contributed by atoms with van der Waals surface area (Å²) in [5, 5.41) is 5.81. The molecule has 8 heteroatoms. The third kappa shape index (κ3) is 6.43. The summed E-state index contributed by atoms with van der Waals surface area (Å²) in [5.41, 5.74) is 0.989. The summed E-state index contributed by atoms with van der Waals surface area (Å²) < 4.78 is 19.0. The van der Waals surface area contributed by atoms with E-state index in [1.165, 1.54) is 12.1 Å². The number of halogens is 2. The summed E-state index contributed by atoms with van der Waals surface area (Å²) in [6, 6.07) is 13.5. The van der Waals surface area contributed by atoms with Crippen LogP contribution >= 0.6 is 0 Å². The second-order valence-electron chi connectivity index (χ2n) is 7.09. The smallest absolute Gasteiger partial charge is 0.254 e. The highest BCUT2D eigenvalue weighted by molar-refractivity contribution is 5.94. The van der Waals surface area contributed by atoms with E-state index in [1.807, 2.05) is 24.3 Å². The number of para-hydroxylation sites is 1. The molecule has 162 valence electrons. The van der Waals surface area contributed by atoms with Crippen LogP contribution in [-0.4, -0.2) is 49.5 Å². The zero-order chi connectivity index (χ0) is 20.6. The molecule has 1 fully saturated rings. The number of hydrogen-bond donors (Lipinski definition) is 2. The Kier molecular flexibility index (Phi) is 9.08. The number of hydrogen-bond acceptors (Lipinski definition) is 4. The summed E-state index contributed by atoms with van der Waals surface area (Å²) >= 11 is 0. The molecule has 1 saturated heterocycles. The van der Waals surface area contributed by atoms with Crippen molar-refractivity contribution < 1.29 is 31.1 Å². The molecule has 2 amide bonds. The Morgan fingerprint density at radius 1 is 1.10 bits per heavy atom. The number of carbonyl (C=O) groups is 2. The van der Waals surface area contributed by atoms with E-state index in [9.17, 15) is 14.0 Å². The summed E-state index contributed by atoms with van der Waals surface area (Å²) in [4.78, 5) is 26.5. The van der Waals surface area contributed by atoms with E-state index in [1.54, 1.807) is 19.2 Å². The van der Waals surface area contributed by atoms with Gasteiger partial charge in [-0.1, -0.05) is 30.3 Å². The standard InChI is InChI=1S/C22H26FN3O3.ClH/c1-29-20-9-5-2-6-16(20)14-24-21(27)15-26-12-10-17(11-13-26)25-22(28)18-7-3-4-8-19(18)23;/h2-9,17H,10-15H2,1H3,(H,24,27)(H,25,28);1H/p-1. The number of nitrogens with one attached hydrogen (secondary N) is 2. The highest BCUT2D eigenvalue weighted by Gasteiger charge is 2.23. The Balaban J connectivity index is 0.00000320. The van der Waals surface area contributed by atoms with Gasteiger partial charge in [-0.3, -0.25) is 14.5 Å².